The van der Waals surface area contributed by atoms with Gasteiger partial charge in [-0.25, -0.2) is 0 Å². The zero-order chi connectivity index (χ0) is 13.9. The van der Waals surface area contributed by atoms with Gasteiger partial charge in [-0.05, 0) is 19.1 Å². The number of ether oxygens (including phenoxy) is 1. The Morgan fingerprint density at radius 1 is 1.44 bits per heavy atom. The Bertz CT molecular complexity index is 448. The topological polar surface area (TPSA) is 64.4 Å². The van der Waals surface area contributed by atoms with Crippen LogP contribution in [-0.2, 0) is 10.9 Å². The first-order valence-corrected chi connectivity index (χ1v) is 4.90. The van der Waals surface area contributed by atoms with Crippen molar-refractivity contribution in [1.82, 2.24) is 0 Å². The highest BCUT2D eigenvalue weighted by Crippen LogP contribution is 2.35. The summed E-state index contributed by atoms with van der Waals surface area (Å²) < 4.78 is 42.1. The SMILES string of the molecule is COC(C)Nc1ccc(C(F)(F)F)cc1[N+](=O)[O-]. The molecular formula is C10H11F3N2O3. The van der Waals surface area contributed by atoms with E-state index in [4.69, 9.17) is 4.74 Å². The van der Waals surface area contributed by atoms with Crippen LogP contribution in [0.1, 0.15) is 12.5 Å². The number of halogens is 3. The van der Waals surface area contributed by atoms with E-state index in [1.165, 1.54) is 7.11 Å². The number of nitro groups is 1. The smallest absolute Gasteiger partial charge is 0.362 e. The van der Waals surface area contributed by atoms with Crippen molar-refractivity contribution in [3.05, 3.63) is 33.9 Å². The molecule has 0 aliphatic carbocycles. The van der Waals surface area contributed by atoms with Gasteiger partial charge in [0.1, 0.15) is 11.9 Å². The molecule has 8 heteroatoms. The van der Waals surface area contributed by atoms with Gasteiger partial charge >= 0.3 is 6.18 Å². The van der Waals surface area contributed by atoms with Crippen molar-refractivity contribution < 1.29 is 22.8 Å². The van der Waals surface area contributed by atoms with E-state index in [1.807, 2.05) is 0 Å². The van der Waals surface area contributed by atoms with Gasteiger partial charge in [0, 0.05) is 13.2 Å². The second kappa shape index (κ2) is 5.21. The maximum Gasteiger partial charge on any atom is 0.416 e. The average molecular weight is 264 g/mol. The van der Waals surface area contributed by atoms with Crippen molar-refractivity contribution >= 4 is 11.4 Å². The molecule has 1 aromatic rings. The summed E-state index contributed by atoms with van der Waals surface area (Å²) in [4.78, 5) is 9.85. The number of alkyl halides is 3. The first-order valence-electron chi connectivity index (χ1n) is 4.90. The Kier molecular flexibility index (Phi) is 4.12. The molecule has 0 heterocycles. The van der Waals surface area contributed by atoms with Crippen molar-refractivity contribution in [3.63, 3.8) is 0 Å². The van der Waals surface area contributed by atoms with Gasteiger partial charge in [-0.1, -0.05) is 0 Å². The Labute approximate surface area is 101 Å². The minimum Gasteiger partial charge on any atom is -0.362 e. The zero-order valence-corrected chi connectivity index (χ0v) is 9.62. The van der Waals surface area contributed by atoms with Crippen LogP contribution in [0, 0.1) is 10.1 Å². The summed E-state index contributed by atoms with van der Waals surface area (Å²) in [6.07, 6.45) is -5.17. The Hall–Kier alpha value is -1.83. The number of rotatable bonds is 4. The second-order valence-corrected chi connectivity index (χ2v) is 3.51. The van der Waals surface area contributed by atoms with Gasteiger partial charge in [0.15, 0.2) is 0 Å². The van der Waals surface area contributed by atoms with Gasteiger partial charge in [-0.2, -0.15) is 13.2 Å². The number of anilines is 1. The number of methoxy groups -OCH3 is 1. The largest absolute Gasteiger partial charge is 0.416 e. The quantitative estimate of drug-likeness (QED) is 0.515. The van der Waals surface area contributed by atoms with Crippen LogP contribution in [0.25, 0.3) is 0 Å². The van der Waals surface area contributed by atoms with Gasteiger partial charge in [-0.3, -0.25) is 10.1 Å². The molecule has 0 aliphatic rings. The summed E-state index contributed by atoms with van der Waals surface area (Å²) in [7, 11) is 1.37. The molecule has 1 unspecified atom stereocenters. The highest BCUT2D eigenvalue weighted by atomic mass is 19.4. The fourth-order valence-corrected chi connectivity index (χ4v) is 1.26. The lowest BCUT2D eigenvalue weighted by molar-refractivity contribution is -0.384. The van der Waals surface area contributed by atoms with E-state index in [9.17, 15) is 23.3 Å². The molecule has 0 fully saturated rings. The fraction of sp³-hybridized carbons (Fsp3) is 0.400. The summed E-state index contributed by atoms with van der Waals surface area (Å²) in [5, 5.41) is 13.3. The molecule has 0 saturated heterocycles. The lowest BCUT2D eigenvalue weighted by Gasteiger charge is -2.14. The van der Waals surface area contributed by atoms with Crippen molar-refractivity contribution in [2.75, 3.05) is 12.4 Å². The summed E-state index contributed by atoms with van der Waals surface area (Å²) in [5.74, 6) is 0. The third-order valence-electron chi connectivity index (χ3n) is 2.23. The predicted octanol–water partition coefficient (Wildman–Crippen LogP) is 3.02. The van der Waals surface area contributed by atoms with Crippen molar-refractivity contribution in [2.45, 2.75) is 19.3 Å². The molecule has 0 amide bonds. The Morgan fingerprint density at radius 2 is 2.06 bits per heavy atom. The maximum absolute atomic E-state index is 12.4. The molecule has 5 nitrogen and oxygen atoms in total. The normalized spacial score (nSPS) is 13.2. The molecule has 0 spiro atoms. The summed E-state index contributed by atoms with van der Waals surface area (Å²) in [5.41, 5.74) is -1.74. The van der Waals surface area contributed by atoms with Crippen LogP contribution in [0.3, 0.4) is 0 Å². The molecule has 18 heavy (non-hydrogen) atoms. The third-order valence-corrected chi connectivity index (χ3v) is 2.23. The molecule has 1 atom stereocenters. The van der Waals surface area contributed by atoms with Crippen LogP contribution < -0.4 is 5.32 Å². The van der Waals surface area contributed by atoms with E-state index in [-0.39, 0.29) is 5.69 Å². The first kappa shape index (κ1) is 14.2. The van der Waals surface area contributed by atoms with Crippen molar-refractivity contribution in [1.29, 1.82) is 0 Å². The minimum atomic E-state index is -4.61. The number of nitrogens with one attached hydrogen (secondary N) is 1. The zero-order valence-electron chi connectivity index (χ0n) is 9.62. The third kappa shape index (κ3) is 3.33. The molecule has 0 aromatic heterocycles. The predicted molar refractivity (Wildman–Crippen MR) is 58.2 cm³/mol. The molecule has 1 N–H and O–H groups in total. The first-order chi connectivity index (χ1) is 8.25. The lowest BCUT2D eigenvalue weighted by Crippen LogP contribution is -2.18. The van der Waals surface area contributed by atoms with Crippen LogP contribution in [-0.4, -0.2) is 18.3 Å². The lowest BCUT2D eigenvalue weighted by atomic mass is 10.1. The van der Waals surface area contributed by atoms with E-state index >= 15 is 0 Å². The molecule has 0 bridgehead atoms. The van der Waals surface area contributed by atoms with E-state index in [1.54, 1.807) is 6.92 Å². The molecule has 0 aliphatic heterocycles. The molecule has 1 rings (SSSR count). The number of hydrogen-bond acceptors (Lipinski definition) is 4. The highest BCUT2D eigenvalue weighted by molar-refractivity contribution is 5.63. The van der Waals surface area contributed by atoms with Crippen LogP contribution in [0.5, 0.6) is 0 Å². The van der Waals surface area contributed by atoms with Gasteiger partial charge < -0.3 is 10.1 Å². The maximum atomic E-state index is 12.4. The fourth-order valence-electron chi connectivity index (χ4n) is 1.26. The monoisotopic (exact) mass is 264 g/mol. The summed E-state index contributed by atoms with van der Waals surface area (Å²) in [6.45, 7) is 1.57. The Morgan fingerprint density at radius 3 is 2.50 bits per heavy atom. The van der Waals surface area contributed by atoms with Crippen molar-refractivity contribution in [3.8, 4) is 0 Å². The summed E-state index contributed by atoms with van der Waals surface area (Å²) in [6, 6.07) is 2.28. The van der Waals surface area contributed by atoms with E-state index in [0.717, 1.165) is 12.1 Å². The standard InChI is InChI=1S/C10H11F3N2O3/c1-6(18-2)14-8-4-3-7(10(11,12)13)5-9(8)15(16)17/h3-6,14H,1-2H3. The average Bonchev–Trinajstić information content (AvgIpc) is 2.27. The number of nitrogens with zero attached hydrogens (tertiary/aromatic N) is 1. The molecule has 100 valence electrons. The molecular weight excluding hydrogens is 253 g/mol. The number of hydrogen-bond donors (Lipinski definition) is 1. The number of nitro benzene ring substituents is 1. The number of benzene rings is 1. The minimum absolute atomic E-state index is 0.0256. The van der Waals surface area contributed by atoms with Gasteiger partial charge in [0.25, 0.3) is 5.69 Å². The summed E-state index contributed by atoms with van der Waals surface area (Å²) >= 11 is 0. The van der Waals surface area contributed by atoms with E-state index < -0.39 is 28.6 Å². The van der Waals surface area contributed by atoms with Gasteiger partial charge in [0.05, 0.1) is 10.5 Å². The van der Waals surface area contributed by atoms with Gasteiger partial charge in [0.2, 0.25) is 0 Å². The molecule has 0 radical (unpaired) electrons. The van der Waals surface area contributed by atoms with Crippen molar-refractivity contribution in [2.24, 2.45) is 0 Å². The van der Waals surface area contributed by atoms with Crippen LogP contribution in [0.2, 0.25) is 0 Å². The Balaban J connectivity index is 3.17. The molecule has 0 saturated carbocycles. The van der Waals surface area contributed by atoms with Crippen LogP contribution in [0.15, 0.2) is 18.2 Å². The van der Waals surface area contributed by atoms with E-state index in [0.29, 0.717) is 6.07 Å². The highest BCUT2D eigenvalue weighted by Gasteiger charge is 2.33. The van der Waals surface area contributed by atoms with E-state index in [2.05, 4.69) is 5.32 Å². The second-order valence-electron chi connectivity index (χ2n) is 3.51. The van der Waals surface area contributed by atoms with Crippen LogP contribution in [0.4, 0.5) is 24.5 Å². The van der Waals surface area contributed by atoms with Crippen LogP contribution >= 0.6 is 0 Å². The van der Waals surface area contributed by atoms with Gasteiger partial charge in [-0.15, -0.1) is 0 Å². The molecule has 1 aromatic carbocycles.